The van der Waals surface area contributed by atoms with E-state index in [1.54, 1.807) is 11.9 Å². The Balaban J connectivity index is 0.00000182. The maximum Gasteiger partial charge on any atom is 0.160 e. The number of rotatable bonds is 3. The van der Waals surface area contributed by atoms with Crippen molar-refractivity contribution in [2.45, 2.75) is 19.3 Å². The predicted molar refractivity (Wildman–Crippen MR) is 102 cm³/mol. The summed E-state index contributed by atoms with van der Waals surface area (Å²) in [7, 11) is 0. The lowest BCUT2D eigenvalue weighted by atomic mass is 9.80. The van der Waals surface area contributed by atoms with Gasteiger partial charge in [0.15, 0.2) is 18.8 Å². The highest BCUT2D eigenvalue weighted by Gasteiger charge is 2.45. The summed E-state index contributed by atoms with van der Waals surface area (Å²) in [6.07, 6.45) is 6.75. The molecular formula is C18H25AlN6+. The Morgan fingerprint density at radius 2 is 2.08 bits per heavy atom. The van der Waals surface area contributed by atoms with Gasteiger partial charge in [-0.15, -0.1) is 0 Å². The van der Waals surface area contributed by atoms with Crippen molar-refractivity contribution in [3.63, 3.8) is 0 Å². The van der Waals surface area contributed by atoms with Crippen molar-refractivity contribution in [2.75, 3.05) is 44.2 Å². The van der Waals surface area contributed by atoms with Gasteiger partial charge in [-0.25, -0.2) is 9.56 Å². The third-order valence-electron chi connectivity index (χ3n) is 5.77. The van der Waals surface area contributed by atoms with E-state index in [4.69, 9.17) is 10.8 Å². The summed E-state index contributed by atoms with van der Waals surface area (Å²) < 4.78 is 2.58. The standard InChI is InChI=1S/C18H25N6.Al/c19-11-16(20)15-2-1-5-22-17(15)24-8-6-23(7-9-24)14-3-4-18(10-14)12-21-13-18;/h1-2,5,11,19-21H,3-4,6-10,12-13H2;/q+1;. The maximum absolute atomic E-state index is 7.95. The number of anilines is 1. The molecule has 3 heterocycles. The Hall–Kier alpha value is -1.55. The van der Waals surface area contributed by atoms with Gasteiger partial charge in [-0.1, -0.05) is 0 Å². The van der Waals surface area contributed by atoms with Crippen LogP contribution in [0.5, 0.6) is 0 Å². The monoisotopic (exact) mass is 352 g/mol. The van der Waals surface area contributed by atoms with Gasteiger partial charge in [-0.3, -0.25) is 5.41 Å². The van der Waals surface area contributed by atoms with Crippen LogP contribution in [0.2, 0.25) is 0 Å². The molecule has 0 bridgehead atoms. The molecule has 3 aliphatic rings. The average molecular weight is 352 g/mol. The summed E-state index contributed by atoms with van der Waals surface area (Å²) in [6.45, 7) is 6.33. The smallest absolute Gasteiger partial charge is 0.160 e. The van der Waals surface area contributed by atoms with E-state index in [-0.39, 0.29) is 23.1 Å². The minimum atomic E-state index is 0. The summed E-state index contributed by atoms with van der Waals surface area (Å²) in [5, 5.41) is 18.7. The number of aromatic nitrogens is 1. The van der Waals surface area contributed by atoms with Gasteiger partial charge in [0.05, 0.1) is 18.8 Å². The van der Waals surface area contributed by atoms with Gasteiger partial charge in [0.25, 0.3) is 0 Å². The fraction of sp³-hybridized carbons (Fsp3) is 0.556. The zero-order chi connectivity index (χ0) is 16.6. The molecule has 1 aromatic heterocycles. The number of hydrogen-bond acceptors (Lipinski definition) is 5. The Morgan fingerprint density at radius 3 is 2.68 bits per heavy atom. The minimum absolute atomic E-state index is 0. The van der Waals surface area contributed by atoms with E-state index in [9.17, 15) is 0 Å². The topological polar surface area (TPSA) is 78.9 Å². The SMILES string of the molecule is N=CC(=N)c1cccnc1N1CC[N+](=C2CCC3(CNC3)C2)CC1.[Al]. The van der Waals surface area contributed by atoms with Crippen LogP contribution < -0.4 is 10.2 Å². The van der Waals surface area contributed by atoms with Crippen LogP contribution in [0.3, 0.4) is 0 Å². The first-order valence-electron chi connectivity index (χ1n) is 8.81. The van der Waals surface area contributed by atoms with E-state index in [0.29, 0.717) is 5.41 Å². The van der Waals surface area contributed by atoms with Crippen LogP contribution in [-0.4, -0.2) is 83.8 Å². The first-order chi connectivity index (χ1) is 11.7. The number of pyridine rings is 1. The second kappa shape index (κ2) is 7.37. The quantitative estimate of drug-likeness (QED) is 0.427. The Bertz CT molecular complexity index is 699. The molecule has 1 aromatic rings. The van der Waals surface area contributed by atoms with Crippen LogP contribution in [0, 0.1) is 16.2 Å². The molecule has 2 saturated heterocycles. The zero-order valence-corrected chi connectivity index (χ0v) is 15.7. The highest BCUT2D eigenvalue weighted by atomic mass is 27.0. The van der Waals surface area contributed by atoms with Crippen molar-refractivity contribution in [1.82, 2.24) is 10.3 Å². The summed E-state index contributed by atoms with van der Waals surface area (Å²) in [4.78, 5) is 6.75. The minimum Gasteiger partial charge on any atom is -0.343 e. The summed E-state index contributed by atoms with van der Waals surface area (Å²) >= 11 is 0. The van der Waals surface area contributed by atoms with Gasteiger partial charge >= 0.3 is 0 Å². The first kappa shape index (κ1) is 18.2. The molecule has 3 radical (unpaired) electrons. The predicted octanol–water partition coefficient (Wildman–Crippen LogP) is 0.765. The third kappa shape index (κ3) is 3.41. The fourth-order valence-electron chi connectivity index (χ4n) is 4.24. The van der Waals surface area contributed by atoms with Crippen molar-refractivity contribution in [3.05, 3.63) is 23.9 Å². The van der Waals surface area contributed by atoms with E-state index in [1.807, 2.05) is 12.1 Å². The maximum atomic E-state index is 7.95. The van der Waals surface area contributed by atoms with Crippen LogP contribution in [0.15, 0.2) is 18.3 Å². The van der Waals surface area contributed by atoms with Gasteiger partial charge in [-0.2, -0.15) is 0 Å². The van der Waals surface area contributed by atoms with Gasteiger partial charge in [0.2, 0.25) is 0 Å². The van der Waals surface area contributed by atoms with Crippen LogP contribution in [-0.2, 0) is 0 Å². The van der Waals surface area contributed by atoms with Crippen molar-refractivity contribution < 1.29 is 4.58 Å². The largest absolute Gasteiger partial charge is 0.343 e. The second-order valence-electron chi connectivity index (χ2n) is 7.25. The molecule has 25 heavy (non-hydrogen) atoms. The van der Waals surface area contributed by atoms with Crippen LogP contribution in [0.1, 0.15) is 24.8 Å². The Kier molecular flexibility index (Phi) is 5.38. The van der Waals surface area contributed by atoms with E-state index in [0.717, 1.165) is 43.8 Å². The number of piperazine rings is 1. The van der Waals surface area contributed by atoms with Crippen molar-refractivity contribution in [2.24, 2.45) is 5.41 Å². The van der Waals surface area contributed by atoms with Crippen LogP contribution in [0.25, 0.3) is 0 Å². The molecule has 0 atom stereocenters. The lowest BCUT2D eigenvalue weighted by Gasteiger charge is -2.38. The number of hydrogen-bond donors (Lipinski definition) is 3. The summed E-state index contributed by atoms with van der Waals surface area (Å²) in [5.74, 6) is 0.849. The van der Waals surface area contributed by atoms with Crippen molar-refractivity contribution in [1.29, 1.82) is 10.8 Å². The molecule has 1 spiro atoms. The molecule has 7 heteroatoms. The van der Waals surface area contributed by atoms with Gasteiger partial charge in [-0.05, 0) is 18.6 Å². The van der Waals surface area contributed by atoms with Crippen LogP contribution in [0.4, 0.5) is 5.82 Å². The Morgan fingerprint density at radius 1 is 1.32 bits per heavy atom. The molecular weight excluding hydrogens is 327 g/mol. The molecule has 0 amide bonds. The molecule has 6 nitrogen and oxygen atoms in total. The number of nitrogens with zero attached hydrogens (tertiary/aromatic N) is 3. The average Bonchev–Trinajstić information content (AvgIpc) is 3.07. The van der Waals surface area contributed by atoms with Gasteiger partial charge in [0.1, 0.15) is 5.82 Å². The molecule has 129 valence electrons. The fourth-order valence-corrected chi connectivity index (χ4v) is 4.24. The first-order valence-corrected chi connectivity index (χ1v) is 8.81. The summed E-state index contributed by atoms with van der Waals surface area (Å²) in [5.41, 5.74) is 3.20. The molecule has 0 aromatic carbocycles. The van der Waals surface area contributed by atoms with E-state index >= 15 is 0 Å². The lowest BCUT2D eigenvalue weighted by molar-refractivity contribution is -0.531. The molecule has 1 saturated carbocycles. The Labute approximate surface area is 159 Å². The second-order valence-corrected chi connectivity index (χ2v) is 7.25. The molecule has 3 fully saturated rings. The van der Waals surface area contributed by atoms with E-state index < -0.39 is 0 Å². The normalized spacial score (nSPS) is 21.7. The molecule has 2 aliphatic heterocycles. The zero-order valence-electron chi connectivity index (χ0n) is 14.6. The van der Waals surface area contributed by atoms with E-state index in [2.05, 4.69) is 19.8 Å². The third-order valence-corrected chi connectivity index (χ3v) is 5.77. The van der Waals surface area contributed by atoms with Gasteiger partial charge in [0, 0.05) is 66.7 Å². The number of nitrogens with one attached hydrogen (secondary N) is 3. The molecule has 3 N–H and O–H groups in total. The summed E-state index contributed by atoms with van der Waals surface area (Å²) in [6, 6.07) is 3.73. The molecule has 1 aliphatic carbocycles. The molecule has 0 unspecified atom stereocenters. The molecule has 4 rings (SSSR count). The van der Waals surface area contributed by atoms with Crippen molar-refractivity contribution in [3.8, 4) is 0 Å². The van der Waals surface area contributed by atoms with Gasteiger partial charge < -0.3 is 15.6 Å². The van der Waals surface area contributed by atoms with E-state index in [1.165, 1.54) is 32.4 Å². The highest BCUT2D eigenvalue weighted by Crippen LogP contribution is 2.39. The van der Waals surface area contributed by atoms with Crippen LogP contribution >= 0.6 is 0 Å². The highest BCUT2D eigenvalue weighted by molar-refractivity contribution is 6.37. The van der Waals surface area contributed by atoms with Crippen molar-refractivity contribution >= 4 is 40.8 Å². The lowest BCUT2D eigenvalue weighted by Crippen LogP contribution is -2.52.